The topological polar surface area (TPSA) is 81.6 Å². The van der Waals surface area contributed by atoms with Crippen LogP contribution in [-0.2, 0) is 14.8 Å². The Morgan fingerprint density at radius 2 is 2.15 bits per heavy atom. The summed E-state index contributed by atoms with van der Waals surface area (Å²) >= 11 is 0. The van der Waals surface area contributed by atoms with Crippen LogP contribution in [0.4, 0.5) is 0 Å². The van der Waals surface area contributed by atoms with Gasteiger partial charge in [-0.15, -0.1) is 0 Å². The fourth-order valence-corrected chi connectivity index (χ4v) is 5.21. The molecule has 2 aliphatic heterocycles. The maximum absolute atomic E-state index is 12.8. The maximum atomic E-state index is 12.8. The summed E-state index contributed by atoms with van der Waals surface area (Å²) in [5.41, 5.74) is 0.454. The first-order valence-electron chi connectivity index (χ1n) is 8.60. The van der Waals surface area contributed by atoms with E-state index in [-0.39, 0.29) is 6.10 Å². The zero-order valence-corrected chi connectivity index (χ0v) is 15.4. The summed E-state index contributed by atoms with van der Waals surface area (Å²) in [6, 6.07) is 6.98. The molecule has 138 valence electrons. The van der Waals surface area contributed by atoms with Crippen LogP contribution >= 0.6 is 0 Å². The van der Waals surface area contributed by atoms with Crippen LogP contribution < -0.4 is 4.74 Å². The van der Waals surface area contributed by atoms with Gasteiger partial charge in [0.2, 0.25) is 15.9 Å². The Balaban J connectivity index is 1.42. The van der Waals surface area contributed by atoms with Crippen LogP contribution in [0.1, 0.15) is 18.4 Å². The Morgan fingerprint density at radius 1 is 1.31 bits per heavy atom. The molecule has 0 unspecified atom stereocenters. The molecule has 4 rings (SSSR count). The summed E-state index contributed by atoms with van der Waals surface area (Å²) in [5.74, 6) is 0.484. The van der Waals surface area contributed by atoms with Gasteiger partial charge in [0.1, 0.15) is 6.10 Å². The minimum Gasteiger partial charge on any atom is -0.473 e. The van der Waals surface area contributed by atoms with Crippen molar-refractivity contribution >= 4 is 10.0 Å². The largest absolute Gasteiger partial charge is 0.473 e. The van der Waals surface area contributed by atoms with E-state index in [9.17, 15) is 8.42 Å². The smallest absolute Gasteiger partial charge is 0.243 e. The van der Waals surface area contributed by atoms with Crippen LogP contribution in [0.2, 0.25) is 0 Å². The van der Waals surface area contributed by atoms with Crippen molar-refractivity contribution in [3.05, 3.63) is 48.4 Å². The van der Waals surface area contributed by atoms with Gasteiger partial charge in [0, 0.05) is 38.3 Å². The van der Waals surface area contributed by atoms with Crippen molar-refractivity contribution in [2.24, 2.45) is 0 Å². The molecule has 2 aliphatic rings. The van der Waals surface area contributed by atoms with E-state index >= 15 is 0 Å². The predicted octanol–water partition coefficient (Wildman–Crippen LogP) is 1.79. The van der Waals surface area contributed by atoms with E-state index < -0.39 is 15.6 Å². The average molecular weight is 375 g/mol. The molecule has 1 spiro atoms. The molecule has 0 saturated carbocycles. The highest BCUT2D eigenvalue weighted by molar-refractivity contribution is 7.89. The van der Waals surface area contributed by atoms with E-state index in [1.165, 1.54) is 4.31 Å². The third kappa shape index (κ3) is 3.32. The number of aryl methyl sites for hydroxylation is 1. The second kappa shape index (κ2) is 6.61. The van der Waals surface area contributed by atoms with Crippen molar-refractivity contribution in [1.82, 2.24) is 14.3 Å². The third-order valence-corrected chi connectivity index (χ3v) is 6.62. The molecule has 3 heterocycles. The summed E-state index contributed by atoms with van der Waals surface area (Å²) in [6.07, 6.45) is 6.11. The van der Waals surface area contributed by atoms with Crippen LogP contribution in [0, 0.1) is 6.92 Å². The normalized spacial score (nSPS) is 22.7. The van der Waals surface area contributed by atoms with Gasteiger partial charge < -0.3 is 9.47 Å². The molecule has 8 heteroatoms. The van der Waals surface area contributed by atoms with Gasteiger partial charge in [0.25, 0.3) is 0 Å². The highest BCUT2D eigenvalue weighted by Gasteiger charge is 2.52. The molecule has 1 aromatic carbocycles. The van der Waals surface area contributed by atoms with Crippen molar-refractivity contribution in [3.8, 4) is 5.88 Å². The molecule has 2 saturated heterocycles. The predicted molar refractivity (Wildman–Crippen MR) is 94.3 cm³/mol. The zero-order chi connectivity index (χ0) is 18.2. The number of rotatable bonds is 4. The van der Waals surface area contributed by atoms with Crippen LogP contribution in [0.3, 0.4) is 0 Å². The fraction of sp³-hybridized carbons (Fsp3) is 0.444. The molecular formula is C18H21N3O4S. The van der Waals surface area contributed by atoms with E-state index in [0.717, 1.165) is 12.0 Å². The lowest BCUT2D eigenvalue weighted by Crippen LogP contribution is -2.67. The third-order valence-electron chi connectivity index (χ3n) is 4.83. The molecule has 2 aromatic rings. The van der Waals surface area contributed by atoms with Crippen LogP contribution in [0.5, 0.6) is 5.88 Å². The number of hydrogen-bond donors (Lipinski definition) is 0. The van der Waals surface area contributed by atoms with E-state index in [1.807, 2.05) is 13.0 Å². The van der Waals surface area contributed by atoms with Gasteiger partial charge in [-0.05, 0) is 24.6 Å². The van der Waals surface area contributed by atoms with Crippen molar-refractivity contribution in [2.45, 2.75) is 36.4 Å². The average Bonchev–Trinajstić information content (AvgIpc) is 2.61. The van der Waals surface area contributed by atoms with Crippen molar-refractivity contribution < 1.29 is 17.9 Å². The Kier molecular flexibility index (Phi) is 4.42. The van der Waals surface area contributed by atoms with Gasteiger partial charge in [-0.1, -0.05) is 12.1 Å². The van der Waals surface area contributed by atoms with E-state index in [2.05, 4.69) is 9.97 Å². The number of aromatic nitrogens is 2. The van der Waals surface area contributed by atoms with Crippen molar-refractivity contribution in [2.75, 3.05) is 19.7 Å². The van der Waals surface area contributed by atoms with Crippen LogP contribution in [-0.4, -0.2) is 54.1 Å². The fourth-order valence-electron chi connectivity index (χ4n) is 3.51. The Morgan fingerprint density at radius 3 is 2.88 bits per heavy atom. The van der Waals surface area contributed by atoms with Gasteiger partial charge in [0.05, 0.1) is 23.3 Å². The molecule has 0 bridgehead atoms. The first kappa shape index (κ1) is 17.4. The Labute approximate surface area is 153 Å². The number of nitrogens with zero attached hydrogens (tertiary/aromatic N) is 3. The lowest BCUT2D eigenvalue weighted by Gasteiger charge is -2.51. The van der Waals surface area contributed by atoms with Crippen molar-refractivity contribution in [1.29, 1.82) is 0 Å². The van der Waals surface area contributed by atoms with Gasteiger partial charge in [-0.2, -0.15) is 4.31 Å². The molecular weight excluding hydrogens is 354 g/mol. The summed E-state index contributed by atoms with van der Waals surface area (Å²) in [6.45, 7) is 3.13. The quantitative estimate of drug-likeness (QED) is 0.810. The second-order valence-corrected chi connectivity index (χ2v) is 8.84. The molecule has 0 radical (unpaired) electrons. The first-order valence-corrected chi connectivity index (χ1v) is 10.0. The minimum atomic E-state index is -3.49. The molecule has 1 atom stereocenters. The maximum Gasteiger partial charge on any atom is 0.243 e. The lowest BCUT2D eigenvalue weighted by atomic mass is 9.86. The van der Waals surface area contributed by atoms with E-state index in [4.69, 9.17) is 9.47 Å². The molecule has 0 amide bonds. The summed E-state index contributed by atoms with van der Waals surface area (Å²) < 4.78 is 38.9. The lowest BCUT2D eigenvalue weighted by molar-refractivity contribution is -0.165. The van der Waals surface area contributed by atoms with Gasteiger partial charge in [-0.3, -0.25) is 4.98 Å². The molecule has 1 aromatic heterocycles. The van der Waals surface area contributed by atoms with Crippen LogP contribution in [0.25, 0.3) is 0 Å². The minimum absolute atomic E-state index is 0.0516. The summed E-state index contributed by atoms with van der Waals surface area (Å²) in [5, 5.41) is 0. The molecule has 7 nitrogen and oxygen atoms in total. The van der Waals surface area contributed by atoms with Crippen molar-refractivity contribution in [3.63, 3.8) is 0 Å². The standard InChI is InChI=1S/C18H21N3O4S/c1-14-3-2-4-16(9-14)26(22,23)21-12-18(13-21)10-15(5-8-24-18)25-17-11-19-6-7-20-17/h2-4,6-7,9,11,15H,5,8,10,12-13H2,1H3/t15-/m0/s1. The molecule has 0 aliphatic carbocycles. The highest BCUT2D eigenvalue weighted by Crippen LogP contribution is 2.38. The Bertz CT molecular complexity index is 882. The highest BCUT2D eigenvalue weighted by atomic mass is 32.2. The number of sulfonamides is 1. The number of ether oxygens (including phenoxy) is 2. The number of hydrogen-bond acceptors (Lipinski definition) is 6. The molecule has 26 heavy (non-hydrogen) atoms. The van der Waals surface area contributed by atoms with Gasteiger partial charge in [-0.25, -0.2) is 13.4 Å². The first-order chi connectivity index (χ1) is 12.5. The monoisotopic (exact) mass is 375 g/mol. The van der Waals surface area contributed by atoms with Crippen LogP contribution in [0.15, 0.2) is 47.8 Å². The van der Waals surface area contributed by atoms with E-state index in [1.54, 1.807) is 36.8 Å². The van der Waals surface area contributed by atoms with Gasteiger partial charge >= 0.3 is 0 Å². The second-order valence-electron chi connectivity index (χ2n) is 6.90. The zero-order valence-electron chi connectivity index (χ0n) is 14.5. The van der Waals surface area contributed by atoms with E-state index in [0.29, 0.717) is 36.9 Å². The SMILES string of the molecule is Cc1cccc(S(=O)(=O)N2CC3(C[C@@H](Oc4cnccn4)CCO3)C2)c1. The summed E-state index contributed by atoms with van der Waals surface area (Å²) in [7, 11) is -3.49. The Hall–Kier alpha value is -2.03. The molecule has 0 N–H and O–H groups in total. The summed E-state index contributed by atoms with van der Waals surface area (Å²) in [4.78, 5) is 8.46. The van der Waals surface area contributed by atoms with Gasteiger partial charge in [0.15, 0.2) is 0 Å². The number of benzene rings is 1. The molecule has 2 fully saturated rings.